The zero-order chi connectivity index (χ0) is 19.3. The van der Waals surface area contributed by atoms with Gasteiger partial charge in [0.05, 0.1) is 9.80 Å². The molecule has 0 atom stereocenters. The van der Waals surface area contributed by atoms with Crippen LogP contribution in [0.2, 0.25) is 0 Å². The molecule has 27 heavy (non-hydrogen) atoms. The molecular weight excluding hydrogens is 447 g/mol. The van der Waals surface area contributed by atoms with Crippen LogP contribution in [0.15, 0.2) is 52.2 Å². The standard InChI is InChI=1S/C17H18N3O5S.Y/c1-11(12(2)26(23,24)15-6-8-18-9-7-15)25-20-14-4-5-16(17(22)10-14)19-13(3)21;/h5-10,20,22H,1-3H3,(H,19,21);/q-1;/b12-11-;. The molecule has 0 fully saturated rings. The van der Waals surface area contributed by atoms with Gasteiger partial charge < -0.3 is 15.3 Å². The number of hydrogen-bond donors (Lipinski definition) is 3. The van der Waals surface area contributed by atoms with Gasteiger partial charge in [0, 0.05) is 57.8 Å². The fraction of sp³-hybridized carbons (Fsp3) is 0.176. The Morgan fingerprint density at radius 1 is 1.22 bits per heavy atom. The fourth-order valence-corrected chi connectivity index (χ4v) is 3.17. The molecule has 3 N–H and O–H groups in total. The van der Waals surface area contributed by atoms with Crippen molar-refractivity contribution in [3.8, 4) is 5.75 Å². The summed E-state index contributed by atoms with van der Waals surface area (Å²) >= 11 is 0. The molecule has 1 aromatic heterocycles. The number of phenols is 1. The first kappa shape index (κ1) is 23.1. The number of phenolic OH excluding ortho intramolecular Hbond substituents is 1. The van der Waals surface area contributed by atoms with Gasteiger partial charge in [0.15, 0.2) is 0 Å². The maximum absolute atomic E-state index is 12.5. The summed E-state index contributed by atoms with van der Waals surface area (Å²) in [5, 5.41) is 12.3. The number of allylic oxidation sites excluding steroid dienone is 2. The van der Waals surface area contributed by atoms with E-state index in [1.807, 2.05) is 0 Å². The van der Waals surface area contributed by atoms with Crippen LogP contribution in [0.25, 0.3) is 0 Å². The molecule has 1 amide bonds. The van der Waals surface area contributed by atoms with E-state index in [9.17, 15) is 18.3 Å². The number of sulfone groups is 1. The van der Waals surface area contributed by atoms with Gasteiger partial charge in [0.25, 0.3) is 0 Å². The Labute approximate surface area is 182 Å². The third kappa shape index (κ3) is 6.02. The third-order valence-corrected chi connectivity index (χ3v) is 5.40. The Morgan fingerprint density at radius 2 is 1.85 bits per heavy atom. The van der Waals surface area contributed by atoms with E-state index in [1.54, 1.807) is 0 Å². The van der Waals surface area contributed by atoms with Crippen molar-refractivity contribution in [2.75, 3.05) is 10.8 Å². The predicted molar refractivity (Wildman–Crippen MR) is 95.8 cm³/mol. The quantitative estimate of drug-likeness (QED) is 0.260. The van der Waals surface area contributed by atoms with Crippen LogP contribution < -0.4 is 10.8 Å². The maximum atomic E-state index is 12.5. The molecule has 1 radical (unpaired) electrons. The molecule has 8 nitrogen and oxygen atoms in total. The fourth-order valence-electron chi connectivity index (χ4n) is 1.92. The van der Waals surface area contributed by atoms with E-state index in [0.717, 1.165) is 0 Å². The average molecular weight is 465 g/mol. The Kier molecular flexibility index (Phi) is 8.39. The van der Waals surface area contributed by atoms with Crippen LogP contribution in [0.3, 0.4) is 0 Å². The molecule has 0 aliphatic rings. The maximum Gasteiger partial charge on any atom is 0.210 e. The number of rotatable bonds is 6. The van der Waals surface area contributed by atoms with Crippen LogP contribution in [0.5, 0.6) is 5.75 Å². The van der Waals surface area contributed by atoms with Crippen molar-refractivity contribution in [2.24, 2.45) is 0 Å². The molecule has 2 aromatic rings. The largest absolute Gasteiger partial charge is 0.531 e. The number of carbonyl (C=O) groups is 1. The van der Waals surface area contributed by atoms with Crippen LogP contribution in [-0.4, -0.2) is 24.4 Å². The van der Waals surface area contributed by atoms with E-state index < -0.39 is 9.84 Å². The van der Waals surface area contributed by atoms with Crippen molar-refractivity contribution >= 4 is 27.1 Å². The molecule has 141 valence electrons. The smallest absolute Gasteiger partial charge is 0.210 e. The number of amides is 1. The minimum Gasteiger partial charge on any atom is -0.531 e. The number of pyridine rings is 1. The minimum absolute atomic E-state index is 0. The van der Waals surface area contributed by atoms with Crippen LogP contribution in [0.1, 0.15) is 20.8 Å². The topological polar surface area (TPSA) is 118 Å². The van der Waals surface area contributed by atoms with E-state index in [2.05, 4.69) is 21.8 Å². The van der Waals surface area contributed by atoms with Crippen molar-refractivity contribution in [1.29, 1.82) is 0 Å². The van der Waals surface area contributed by atoms with Crippen molar-refractivity contribution in [2.45, 2.75) is 25.7 Å². The van der Waals surface area contributed by atoms with Crippen molar-refractivity contribution in [1.82, 2.24) is 4.98 Å². The summed E-state index contributed by atoms with van der Waals surface area (Å²) in [5.41, 5.74) is 2.96. The van der Waals surface area contributed by atoms with Crippen LogP contribution in [0.4, 0.5) is 11.4 Å². The van der Waals surface area contributed by atoms with Crippen molar-refractivity contribution in [3.05, 3.63) is 53.4 Å². The molecule has 0 saturated heterocycles. The zero-order valence-electron chi connectivity index (χ0n) is 15.0. The first-order valence-corrected chi connectivity index (χ1v) is 8.98. The Bertz CT molecular complexity index is 946. The average Bonchev–Trinajstić information content (AvgIpc) is 2.61. The van der Waals surface area contributed by atoms with Crippen molar-refractivity contribution in [3.63, 3.8) is 0 Å². The summed E-state index contributed by atoms with van der Waals surface area (Å²) in [6, 6.07) is 8.19. The first-order valence-electron chi connectivity index (χ1n) is 7.49. The zero-order valence-corrected chi connectivity index (χ0v) is 18.6. The Balaban J connectivity index is 0.00000364. The van der Waals surface area contributed by atoms with Gasteiger partial charge in [0.1, 0.15) is 5.76 Å². The number of benzene rings is 1. The number of anilines is 2. The molecule has 2 rings (SSSR count). The molecule has 10 heteroatoms. The van der Waals surface area contributed by atoms with Crippen LogP contribution in [0, 0.1) is 6.07 Å². The molecular formula is C17H18N3O5SY-. The van der Waals surface area contributed by atoms with Gasteiger partial charge in [-0.3, -0.25) is 9.78 Å². The summed E-state index contributed by atoms with van der Waals surface area (Å²) in [6.45, 7) is 4.23. The molecule has 0 aliphatic carbocycles. The number of aromatic nitrogens is 1. The van der Waals surface area contributed by atoms with Gasteiger partial charge in [0.2, 0.25) is 15.7 Å². The number of carbonyl (C=O) groups excluding carboxylic acids is 1. The van der Waals surface area contributed by atoms with E-state index in [-0.39, 0.29) is 71.3 Å². The first-order chi connectivity index (χ1) is 12.2. The van der Waals surface area contributed by atoms with Gasteiger partial charge in [-0.2, -0.15) is 6.07 Å². The minimum atomic E-state index is -3.70. The van der Waals surface area contributed by atoms with E-state index in [4.69, 9.17) is 4.84 Å². The molecule has 0 bridgehead atoms. The second-order valence-corrected chi connectivity index (χ2v) is 7.42. The predicted octanol–water partition coefficient (Wildman–Crippen LogP) is 2.61. The Morgan fingerprint density at radius 3 is 2.41 bits per heavy atom. The summed E-state index contributed by atoms with van der Waals surface area (Å²) < 4.78 is 25.0. The second-order valence-electron chi connectivity index (χ2n) is 5.33. The van der Waals surface area contributed by atoms with Gasteiger partial charge in [-0.25, -0.2) is 13.9 Å². The summed E-state index contributed by atoms with van der Waals surface area (Å²) in [4.78, 5) is 20.2. The van der Waals surface area contributed by atoms with Crippen LogP contribution >= 0.6 is 0 Å². The van der Waals surface area contributed by atoms with Gasteiger partial charge in [-0.05, 0) is 37.4 Å². The molecule has 0 spiro atoms. The number of hydrogen-bond acceptors (Lipinski definition) is 7. The van der Waals surface area contributed by atoms with E-state index >= 15 is 0 Å². The van der Waals surface area contributed by atoms with E-state index in [0.29, 0.717) is 0 Å². The monoisotopic (exact) mass is 465 g/mol. The number of aromatic hydroxyl groups is 1. The summed E-state index contributed by atoms with van der Waals surface area (Å²) in [5.74, 6) is -0.394. The molecule has 0 unspecified atom stereocenters. The number of nitrogens with zero attached hydrogens (tertiary/aromatic N) is 1. The normalized spacial score (nSPS) is 11.7. The molecule has 0 saturated carbocycles. The number of nitrogens with one attached hydrogen (secondary N) is 2. The third-order valence-electron chi connectivity index (χ3n) is 3.41. The van der Waals surface area contributed by atoms with Gasteiger partial charge in [-0.15, -0.1) is 12.1 Å². The van der Waals surface area contributed by atoms with Gasteiger partial charge in [-0.1, -0.05) is 0 Å². The van der Waals surface area contributed by atoms with Gasteiger partial charge >= 0.3 is 0 Å². The van der Waals surface area contributed by atoms with E-state index in [1.165, 1.54) is 57.4 Å². The molecule has 1 heterocycles. The molecule has 0 aliphatic heterocycles. The van der Waals surface area contributed by atoms with Crippen molar-refractivity contribution < 1.29 is 55.9 Å². The summed E-state index contributed by atoms with van der Waals surface area (Å²) in [6.07, 6.45) is 2.78. The SMILES string of the molecule is CC(=O)Nc1c[c-]c(NO/C(C)=C(/C)S(=O)(=O)c2ccncc2)cc1O.[Y]. The second kappa shape index (κ2) is 9.82. The Hall–Kier alpha value is -1.97. The summed E-state index contributed by atoms with van der Waals surface area (Å²) in [7, 11) is -3.70. The molecule has 1 aromatic carbocycles. The van der Waals surface area contributed by atoms with Crippen LogP contribution in [-0.2, 0) is 52.2 Å².